The molecule has 3 heteroatoms. The summed E-state index contributed by atoms with van der Waals surface area (Å²) in [7, 11) is 3.31. The molecule has 142 valence electrons. The van der Waals surface area contributed by atoms with Gasteiger partial charge in [-0.15, -0.1) is 20.8 Å². The molecule has 2 saturated carbocycles. The summed E-state index contributed by atoms with van der Waals surface area (Å²) in [4.78, 5) is 0. The third kappa shape index (κ3) is 4.32. The highest BCUT2D eigenvalue weighted by Crippen LogP contribution is 2.57. The van der Waals surface area contributed by atoms with E-state index in [1.54, 1.807) is 0 Å². The fourth-order valence-corrected chi connectivity index (χ4v) is 6.07. The molecule has 0 bridgehead atoms. The molecule has 2 aliphatic rings. The Morgan fingerprint density at radius 2 is 1.50 bits per heavy atom. The largest absolute Gasteiger partial charge is 0.393 e. The lowest BCUT2D eigenvalue weighted by Crippen LogP contribution is -2.46. The minimum atomic E-state index is -0.147. The van der Waals surface area contributed by atoms with Crippen LogP contribution in [-0.2, 0) is 0 Å². The zero-order chi connectivity index (χ0) is 18.1. The highest BCUT2D eigenvalue weighted by Gasteiger charge is 2.49. The Kier molecular flexibility index (Phi) is 7.12. The molecule has 0 radical (unpaired) electrons. The van der Waals surface area contributed by atoms with Crippen molar-refractivity contribution in [3.63, 3.8) is 0 Å². The van der Waals surface area contributed by atoms with Gasteiger partial charge in [0.15, 0.2) is 0 Å². The SMILES string of the molecule is CC(C)C(C)C(O)C1CCC(C)(C)C(P)(C2CCC(Cl)CC2)CC1. The zero-order valence-corrected chi connectivity index (χ0v) is 18.4. The average molecular weight is 375 g/mol. The maximum absolute atomic E-state index is 10.9. The Balaban J connectivity index is 2.11. The van der Waals surface area contributed by atoms with Crippen molar-refractivity contribution in [2.75, 3.05) is 0 Å². The van der Waals surface area contributed by atoms with Crippen molar-refractivity contribution in [2.24, 2.45) is 29.1 Å². The standard InChI is InChI=1S/C21H40ClOP/c1-14(2)15(3)19(23)16-10-12-20(4,5)21(24,13-11-16)17-6-8-18(22)9-7-17/h14-19,23H,6-13,24H2,1-5H3. The molecule has 0 saturated heterocycles. The van der Waals surface area contributed by atoms with Gasteiger partial charge in [-0.1, -0.05) is 34.6 Å². The van der Waals surface area contributed by atoms with Crippen LogP contribution in [0, 0.1) is 29.1 Å². The number of hydrogen-bond acceptors (Lipinski definition) is 1. The van der Waals surface area contributed by atoms with Gasteiger partial charge in [-0.05, 0) is 85.6 Å². The van der Waals surface area contributed by atoms with Crippen molar-refractivity contribution in [1.29, 1.82) is 0 Å². The molecule has 0 aliphatic heterocycles. The van der Waals surface area contributed by atoms with E-state index in [1.165, 1.54) is 51.4 Å². The van der Waals surface area contributed by atoms with E-state index in [2.05, 4.69) is 43.9 Å². The van der Waals surface area contributed by atoms with Crippen molar-refractivity contribution in [3.05, 3.63) is 0 Å². The van der Waals surface area contributed by atoms with Crippen LogP contribution in [0.1, 0.15) is 86.0 Å². The van der Waals surface area contributed by atoms with Crippen LogP contribution in [0.2, 0.25) is 0 Å². The van der Waals surface area contributed by atoms with E-state index in [1.807, 2.05) is 0 Å². The van der Waals surface area contributed by atoms with Crippen molar-refractivity contribution in [2.45, 2.75) is 103 Å². The lowest BCUT2D eigenvalue weighted by molar-refractivity contribution is 0.0307. The lowest BCUT2D eigenvalue weighted by atomic mass is 9.64. The molecule has 0 aromatic rings. The summed E-state index contributed by atoms with van der Waals surface area (Å²) < 4.78 is 0. The first-order valence-electron chi connectivity index (χ1n) is 10.2. The van der Waals surface area contributed by atoms with Gasteiger partial charge in [-0.2, -0.15) is 0 Å². The summed E-state index contributed by atoms with van der Waals surface area (Å²) in [5.41, 5.74) is 0.316. The monoisotopic (exact) mass is 374 g/mol. The first-order chi connectivity index (χ1) is 11.1. The smallest absolute Gasteiger partial charge is 0.0596 e. The molecule has 1 nitrogen and oxygen atoms in total. The maximum atomic E-state index is 10.9. The normalized spacial score (nSPS) is 40.1. The van der Waals surface area contributed by atoms with E-state index in [0.717, 1.165) is 5.92 Å². The first-order valence-corrected chi connectivity index (χ1v) is 11.2. The van der Waals surface area contributed by atoms with Gasteiger partial charge >= 0.3 is 0 Å². The Morgan fingerprint density at radius 3 is 2.04 bits per heavy atom. The summed E-state index contributed by atoms with van der Waals surface area (Å²) in [6, 6.07) is 0. The topological polar surface area (TPSA) is 20.2 Å². The van der Waals surface area contributed by atoms with Gasteiger partial charge in [0.05, 0.1) is 6.10 Å². The Bertz CT molecular complexity index is 403. The molecule has 5 unspecified atom stereocenters. The summed E-state index contributed by atoms with van der Waals surface area (Å²) in [5.74, 6) is 2.18. The van der Waals surface area contributed by atoms with Gasteiger partial charge in [-0.3, -0.25) is 0 Å². The molecule has 0 aromatic carbocycles. The fourth-order valence-electron chi connectivity index (χ4n) is 5.18. The Labute approximate surface area is 157 Å². The fraction of sp³-hybridized carbons (Fsp3) is 1.00. The number of alkyl halides is 1. The van der Waals surface area contributed by atoms with Crippen LogP contribution < -0.4 is 0 Å². The van der Waals surface area contributed by atoms with Crippen molar-refractivity contribution in [1.82, 2.24) is 0 Å². The second-order valence-corrected chi connectivity index (χ2v) is 11.5. The van der Waals surface area contributed by atoms with Crippen LogP contribution >= 0.6 is 20.8 Å². The Hall–Kier alpha value is 0.680. The van der Waals surface area contributed by atoms with E-state index in [4.69, 9.17) is 11.6 Å². The summed E-state index contributed by atoms with van der Waals surface area (Å²) >= 11 is 6.36. The van der Waals surface area contributed by atoms with Gasteiger partial charge in [0.1, 0.15) is 0 Å². The molecule has 2 rings (SSSR count). The highest BCUT2D eigenvalue weighted by molar-refractivity contribution is 7.19. The quantitative estimate of drug-likeness (QED) is 0.349. The Morgan fingerprint density at radius 1 is 0.958 bits per heavy atom. The minimum Gasteiger partial charge on any atom is -0.393 e. The molecule has 1 N–H and O–H groups in total. The summed E-state index contributed by atoms with van der Waals surface area (Å²) in [6.07, 6.45) is 9.56. The second kappa shape index (κ2) is 8.14. The molecule has 2 aliphatic carbocycles. The van der Waals surface area contributed by atoms with Gasteiger partial charge < -0.3 is 5.11 Å². The van der Waals surface area contributed by atoms with Crippen molar-refractivity contribution < 1.29 is 5.11 Å². The van der Waals surface area contributed by atoms with Crippen molar-refractivity contribution >= 4 is 20.8 Å². The van der Waals surface area contributed by atoms with Crippen LogP contribution in [0.15, 0.2) is 0 Å². The minimum absolute atomic E-state index is 0.147. The third-order valence-electron chi connectivity index (χ3n) is 7.79. The van der Waals surface area contributed by atoms with Crippen LogP contribution in [-0.4, -0.2) is 21.7 Å². The van der Waals surface area contributed by atoms with Gasteiger partial charge in [-0.25, -0.2) is 0 Å². The summed E-state index contributed by atoms with van der Waals surface area (Å²) in [5, 5.41) is 11.6. The number of aliphatic hydroxyl groups excluding tert-OH is 1. The van der Waals surface area contributed by atoms with E-state index in [9.17, 15) is 5.11 Å². The van der Waals surface area contributed by atoms with Crippen LogP contribution in [0.3, 0.4) is 0 Å². The van der Waals surface area contributed by atoms with Gasteiger partial charge in [0.2, 0.25) is 0 Å². The second-order valence-electron chi connectivity index (χ2n) is 9.80. The van der Waals surface area contributed by atoms with Crippen LogP contribution in [0.25, 0.3) is 0 Å². The molecule has 0 spiro atoms. The molecule has 5 atom stereocenters. The summed E-state index contributed by atoms with van der Waals surface area (Å²) in [6.45, 7) is 11.6. The van der Waals surface area contributed by atoms with Crippen LogP contribution in [0.4, 0.5) is 0 Å². The first kappa shape index (κ1) is 21.0. The van der Waals surface area contributed by atoms with Gasteiger partial charge in [0.25, 0.3) is 0 Å². The number of hydrogen-bond donors (Lipinski definition) is 1. The molecular weight excluding hydrogens is 335 g/mol. The van der Waals surface area contributed by atoms with Gasteiger partial charge in [0, 0.05) is 5.38 Å². The molecule has 24 heavy (non-hydrogen) atoms. The van der Waals surface area contributed by atoms with E-state index < -0.39 is 0 Å². The molecule has 0 heterocycles. The molecule has 0 aromatic heterocycles. The van der Waals surface area contributed by atoms with E-state index in [0.29, 0.717) is 33.7 Å². The molecule has 2 fully saturated rings. The number of rotatable bonds is 4. The number of aliphatic hydroxyl groups is 1. The predicted molar refractivity (Wildman–Crippen MR) is 110 cm³/mol. The molecule has 0 amide bonds. The lowest BCUT2D eigenvalue weighted by Gasteiger charge is -2.50. The van der Waals surface area contributed by atoms with Crippen molar-refractivity contribution in [3.8, 4) is 0 Å². The maximum Gasteiger partial charge on any atom is 0.0596 e. The number of halogens is 1. The third-order valence-corrected chi connectivity index (χ3v) is 9.77. The van der Waals surface area contributed by atoms with Crippen LogP contribution in [0.5, 0.6) is 0 Å². The predicted octanol–water partition coefficient (Wildman–Crippen LogP) is 6.27. The highest BCUT2D eigenvalue weighted by atomic mass is 35.5. The molecular formula is C21H40ClOP. The van der Waals surface area contributed by atoms with E-state index >= 15 is 0 Å². The van der Waals surface area contributed by atoms with E-state index in [-0.39, 0.29) is 6.10 Å². The average Bonchev–Trinajstić information content (AvgIpc) is 2.64. The zero-order valence-electron chi connectivity index (χ0n) is 16.5.